The highest BCUT2D eigenvalue weighted by Crippen LogP contribution is 2.31. The predicted octanol–water partition coefficient (Wildman–Crippen LogP) is 5.94. The number of para-hydroxylation sites is 2. The summed E-state index contributed by atoms with van der Waals surface area (Å²) < 4.78 is 5.86. The first-order valence-corrected chi connectivity index (χ1v) is 9.80. The van der Waals surface area contributed by atoms with E-state index in [4.69, 9.17) is 4.74 Å². The van der Waals surface area contributed by atoms with Gasteiger partial charge in [-0.05, 0) is 52.1 Å². The lowest BCUT2D eigenvalue weighted by Gasteiger charge is -2.11. The molecule has 3 aromatic carbocycles. The summed E-state index contributed by atoms with van der Waals surface area (Å²) in [7, 11) is 0. The zero-order valence-corrected chi connectivity index (χ0v) is 16.3. The first kappa shape index (κ1) is 18.0. The molecule has 0 unspecified atom stereocenters. The number of rotatable bonds is 5. The molecule has 0 atom stereocenters. The van der Waals surface area contributed by atoms with Crippen LogP contribution in [0.25, 0.3) is 33.3 Å². The van der Waals surface area contributed by atoms with Crippen molar-refractivity contribution in [2.24, 2.45) is 0 Å². The van der Waals surface area contributed by atoms with Crippen LogP contribution in [0, 0.1) is 0 Å². The highest BCUT2D eigenvalue weighted by Gasteiger charge is 2.07. The van der Waals surface area contributed by atoms with E-state index in [1.54, 1.807) is 6.20 Å². The third kappa shape index (κ3) is 3.76. The van der Waals surface area contributed by atoms with E-state index in [1.807, 2.05) is 48.8 Å². The molecule has 0 aliphatic carbocycles. The average Bonchev–Trinajstić information content (AvgIpc) is 2.83. The van der Waals surface area contributed by atoms with Crippen molar-refractivity contribution in [3.05, 3.63) is 109 Å². The largest absolute Gasteiger partial charge is 0.472 e. The SMILES string of the molecule is c1ccc(-c2ccc(COc3cnc4ccccc4n3)cc2)c(-c2ccncc2)c1. The number of ether oxygens (including phenoxy) is 1. The summed E-state index contributed by atoms with van der Waals surface area (Å²) in [4.78, 5) is 13.0. The fourth-order valence-corrected chi connectivity index (χ4v) is 3.47. The van der Waals surface area contributed by atoms with E-state index in [0.29, 0.717) is 12.5 Å². The number of fused-ring (bicyclic) bond motifs is 1. The summed E-state index contributed by atoms with van der Waals surface area (Å²) in [5.41, 5.74) is 7.47. The first-order valence-electron chi connectivity index (χ1n) is 9.80. The molecular weight excluding hydrogens is 370 g/mol. The highest BCUT2D eigenvalue weighted by molar-refractivity contribution is 5.83. The van der Waals surface area contributed by atoms with E-state index < -0.39 is 0 Å². The molecule has 0 saturated heterocycles. The lowest BCUT2D eigenvalue weighted by molar-refractivity contribution is 0.294. The van der Waals surface area contributed by atoms with Crippen LogP contribution >= 0.6 is 0 Å². The molecule has 30 heavy (non-hydrogen) atoms. The van der Waals surface area contributed by atoms with Crippen LogP contribution in [0.1, 0.15) is 5.56 Å². The average molecular weight is 389 g/mol. The van der Waals surface area contributed by atoms with Crippen LogP contribution < -0.4 is 4.74 Å². The third-order valence-electron chi connectivity index (χ3n) is 5.00. The van der Waals surface area contributed by atoms with Crippen LogP contribution in [-0.4, -0.2) is 15.0 Å². The Balaban J connectivity index is 1.35. The summed E-state index contributed by atoms with van der Waals surface area (Å²) in [6.45, 7) is 0.444. The van der Waals surface area contributed by atoms with Crippen molar-refractivity contribution in [2.75, 3.05) is 0 Å². The standard InChI is InChI=1S/C26H19N3O/c1-2-6-23(21-13-15-27-16-14-21)22(5-1)20-11-9-19(10-12-20)18-30-26-17-28-24-7-3-4-8-25(24)29-26/h1-17H,18H2. The highest BCUT2D eigenvalue weighted by atomic mass is 16.5. The van der Waals surface area contributed by atoms with Gasteiger partial charge in [-0.1, -0.05) is 60.7 Å². The number of hydrogen-bond donors (Lipinski definition) is 0. The predicted molar refractivity (Wildman–Crippen MR) is 119 cm³/mol. The first-order chi connectivity index (χ1) is 14.9. The Morgan fingerprint density at radius 2 is 1.27 bits per heavy atom. The van der Waals surface area contributed by atoms with Crippen molar-refractivity contribution in [1.82, 2.24) is 15.0 Å². The molecule has 5 aromatic rings. The Hall–Kier alpha value is -4.05. The Bertz CT molecular complexity index is 1280. The number of pyridine rings is 1. The third-order valence-corrected chi connectivity index (χ3v) is 5.00. The molecule has 0 saturated carbocycles. The Labute approximate surface area is 174 Å². The Morgan fingerprint density at radius 3 is 2.00 bits per heavy atom. The van der Waals surface area contributed by atoms with Gasteiger partial charge in [-0.2, -0.15) is 0 Å². The van der Waals surface area contributed by atoms with Gasteiger partial charge >= 0.3 is 0 Å². The van der Waals surface area contributed by atoms with E-state index in [2.05, 4.69) is 63.5 Å². The maximum Gasteiger partial charge on any atom is 0.233 e. The van der Waals surface area contributed by atoms with Crippen LogP contribution in [-0.2, 0) is 6.61 Å². The van der Waals surface area contributed by atoms with Crippen LogP contribution in [0.15, 0.2) is 104 Å². The van der Waals surface area contributed by atoms with Gasteiger partial charge in [-0.3, -0.25) is 4.98 Å². The molecule has 0 aliphatic heterocycles. The lowest BCUT2D eigenvalue weighted by atomic mass is 9.95. The summed E-state index contributed by atoms with van der Waals surface area (Å²) >= 11 is 0. The molecule has 0 N–H and O–H groups in total. The molecule has 0 fully saturated rings. The number of benzene rings is 3. The second kappa shape index (κ2) is 8.13. The topological polar surface area (TPSA) is 47.9 Å². The molecule has 0 bridgehead atoms. The fourth-order valence-electron chi connectivity index (χ4n) is 3.47. The van der Waals surface area contributed by atoms with E-state index in [1.165, 1.54) is 11.1 Å². The minimum Gasteiger partial charge on any atom is -0.472 e. The molecule has 4 heteroatoms. The molecule has 5 rings (SSSR count). The van der Waals surface area contributed by atoms with Gasteiger partial charge in [0.25, 0.3) is 0 Å². The maximum absolute atomic E-state index is 5.86. The molecule has 4 nitrogen and oxygen atoms in total. The van der Waals surface area contributed by atoms with E-state index in [-0.39, 0.29) is 0 Å². The molecule has 2 heterocycles. The summed E-state index contributed by atoms with van der Waals surface area (Å²) in [5, 5.41) is 0. The van der Waals surface area contributed by atoms with Crippen LogP contribution in [0.3, 0.4) is 0 Å². The molecule has 0 aliphatic rings. The number of hydrogen-bond acceptors (Lipinski definition) is 4. The van der Waals surface area contributed by atoms with Crippen molar-refractivity contribution in [3.8, 4) is 28.1 Å². The quantitative estimate of drug-likeness (QED) is 0.373. The number of aromatic nitrogens is 3. The van der Waals surface area contributed by atoms with Gasteiger partial charge in [0.15, 0.2) is 0 Å². The normalized spacial score (nSPS) is 10.8. The van der Waals surface area contributed by atoms with Crippen molar-refractivity contribution in [3.63, 3.8) is 0 Å². The fraction of sp³-hybridized carbons (Fsp3) is 0.0385. The molecule has 0 spiro atoms. The van der Waals surface area contributed by atoms with Crippen molar-refractivity contribution >= 4 is 11.0 Å². The van der Waals surface area contributed by atoms with Crippen LogP contribution in [0.5, 0.6) is 5.88 Å². The second-order valence-electron chi connectivity index (χ2n) is 6.96. The van der Waals surface area contributed by atoms with Gasteiger partial charge in [0, 0.05) is 12.4 Å². The van der Waals surface area contributed by atoms with Crippen LogP contribution in [0.4, 0.5) is 0 Å². The zero-order chi connectivity index (χ0) is 20.2. The monoisotopic (exact) mass is 389 g/mol. The van der Waals surface area contributed by atoms with Gasteiger partial charge in [0.2, 0.25) is 5.88 Å². The smallest absolute Gasteiger partial charge is 0.233 e. The van der Waals surface area contributed by atoms with Gasteiger partial charge in [-0.25, -0.2) is 9.97 Å². The lowest BCUT2D eigenvalue weighted by Crippen LogP contribution is -1.98. The van der Waals surface area contributed by atoms with Gasteiger partial charge < -0.3 is 4.74 Å². The van der Waals surface area contributed by atoms with Crippen molar-refractivity contribution < 1.29 is 4.74 Å². The molecule has 0 radical (unpaired) electrons. The summed E-state index contributed by atoms with van der Waals surface area (Å²) in [5.74, 6) is 0.529. The minimum absolute atomic E-state index is 0.444. The molecular formula is C26H19N3O. The summed E-state index contributed by atoms with van der Waals surface area (Å²) in [6.07, 6.45) is 5.31. The zero-order valence-electron chi connectivity index (χ0n) is 16.3. The summed E-state index contributed by atoms with van der Waals surface area (Å²) in [6, 6.07) is 28.7. The molecule has 2 aromatic heterocycles. The van der Waals surface area contributed by atoms with E-state index >= 15 is 0 Å². The minimum atomic E-state index is 0.444. The Kier molecular flexibility index (Phi) is 4.88. The van der Waals surface area contributed by atoms with Crippen molar-refractivity contribution in [1.29, 1.82) is 0 Å². The van der Waals surface area contributed by atoms with E-state index in [0.717, 1.165) is 27.7 Å². The van der Waals surface area contributed by atoms with E-state index in [9.17, 15) is 0 Å². The maximum atomic E-state index is 5.86. The van der Waals surface area contributed by atoms with Gasteiger partial charge in [-0.15, -0.1) is 0 Å². The van der Waals surface area contributed by atoms with Crippen molar-refractivity contribution in [2.45, 2.75) is 6.61 Å². The number of nitrogens with zero attached hydrogens (tertiary/aromatic N) is 3. The van der Waals surface area contributed by atoms with Gasteiger partial charge in [0.1, 0.15) is 6.61 Å². The molecule has 0 amide bonds. The Morgan fingerprint density at radius 1 is 0.633 bits per heavy atom. The van der Waals surface area contributed by atoms with Gasteiger partial charge in [0.05, 0.1) is 17.2 Å². The van der Waals surface area contributed by atoms with Crippen LogP contribution in [0.2, 0.25) is 0 Å². The molecule has 144 valence electrons. The second-order valence-corrected chi connectivity index (χ2v) is 6.96.